The SMILES string of the molecule is CCn1nc(C(=O)NCc2ccc(NC(=O)N(C)C)cc2)c2c1[C@@H](C)CN(c1ncc(C(=O)N(C)C)cn1)C2. The molecule has 0 fully saturated rings. The molecule has 1 atom stereocenters. The molecule has 3 heterocycles. The van der Waals surface area contributed by atoms with E-state index >= 15 is 0 Å². The summed E-state index contributed by atoms with van der Waals surface area (Å²) < 4.78 is 1.90. The Balaban J connectivity index is 1.49. The molecule has 1 aliphatic rings. The summed E-state index contributed by atoms with van der Waals surface area (Å²) in [5.41, 5.74) is 4.27. The maximum Gasteiger partial charge on any atom is 0.321 e. The van der Waals surface area contributed by atoms with Crippen LogP contribution < -0.4 is 15.5 Å². The van der Waals surface area contributed by atoms with Crippen LogP contribution in [0.25, 0.3) is 0 Å². The Hall–Kier alpha value is -4.48. The Morgan fingerprint density at radius 3 is 2.28 bits per heavy atom. The zero-order valence-electron chi connectivity index (χ0n) is 23.2. The molecule has 1 aliphatic heterocycles. The van der Waals surface area contributed by atoms with Gasteiger partial charge in [-0.2, -0.15) is 5.10 Å². The van der Waals surface area contributed by atoms with E-state index in [1.54, 1.807) is 40.3 Å². The summed E-state index contributed by atoms with van der Waals surface area (Å²) in [7, 11) is 6.72. The normalized spacial score (nSPS) is 14.4. The van der Waals surface area contributed by atoms with Gasteiger partial charge in [0, 0.05) is 83.1 Å². The van der Waals surface area contributed by atoms with E-state index in [0.717, 1.165) is 16.8 Å². The Morgan fingerprint density at radius 2 is 1.69 bits per heavy atom. The zero-order valence-corrected chi connectivity index (χ0v) is 23.2. The van der Waals surface area contributed by atoms with Crippen LogP contribution in [0.1, 0.15) is 57.4 Å². The van der Waals surface area contributed by atoms with E-state index < -0.39 is 0 Å². The Labute approximate surface area is 228 Å². The van der Waals surface area contributed by atoms with Crippen LogP contribution in [0.15, 0.2) is 36.7 Å². The van der Waals surface area contributed by atoms with Gasteiger partial charge in [-0.3, -0.25) is 14.3 Å². The fraction of sp³-hybridized carbons (Fsp3) is 0.407. The van der Waals surface area contributed by atoms with Crippen molar-refractivity contribution >= 4 is 29.5 Å². The number of nitrogens with one attached hydrogen (secondary N) is 2. The van der Waals surface area contributed by atoms with E-state index in [0.29, 0.717) is 49.1 Å². The molecule has 0 saturated carbocycles. The van der Waals surface area contributed by atoms with Crippen LogP contribution in [-0.2, 0) is 19.6 Å². The summed E-state index contributed by atoms with van der Waals surface area (Å²) >= 11 is 0. The number of hydrogen-bond acceptors (Lipinski definition) is 7. The van der Waals surface area contributed by atoms with Gasteiger partial charge < -0.3 is 25.3 Å². The van der Waals surface area contributed by atoms with Gasteiger partial charge in [-0.15, -0.1) is 0 Å². The molecule has 0 radical (unpaired) electrons. The highest BCUT2D eigenvalue weighted by Gasteiger charge is 2.33. The Bertz CT molecular complexity index is 1350. The number of amides is 4. The molecule has 0 unspecified atom stereocenters. The largest absolute Gasteiger partial charge is 0.347 e. The van der Waals surface area contributed by atoms with E-state index in [1.165, 1.54) is 22.2 Å². The number of urea groups is 1. The van der Waals surface area contributed by atoms with Gasteiger partial charge in [-0.1, -0.05) is 19.1 Å². The summed E-state index contributed by atoms with van der Waals surface area (Å²) in [6.45, 7) is 6.17. The molecule has 12 heteroatoms. The van der Waals surface area contributed by atoms with Crippen molar-refractivity contribution in [2.24, 2.45) is 0 Å². The average molecular weight is 534 g/mol. The molecule has 206 valence electrons. The van der Waals surface area contributed by atoms with Crippen LogP contribution in [0, 0.1) is 0 Å². The summed E-state index contributed by atoms with van der Waals surface area (Å²) in [6, 6.07) is 7.11. The summed E-state index contributed by atoms with van der Waals surface area (Å²) in [4.78, 5) is 51.2. The lowest BCUT2D eigenvalue weighted by atomic mass is 9.96. The predicted molar refractivity (Wildman–Crippen MR) is 148 cm³/mol. The van der Waals surface area contributed by atoms with Crippen LogP contribution in [0.4, 0.5) is 16.4 Å². The molecule has 4 rings (SSSR count). The zero-order chi connectivity index (χ0) is 28.3. The fourth-order valence-corrected chi connectivity index (χ4v) is 4.53. The topological polar surface area (TPSA) is 129 Å². The first-order chi connectivity index (χ1) is 18.6. The number of anilines is 2. The highest BCUT2D eigenvalue weighted by Crippen LogP contribution is 2.32. The second-order valence-electron chi connectivity index (χ2n) is 9.99. The van der Waals surface area contributed by atoms with Gasteiger partial charge in [0.1, 0.15) is 0 Å². The lowest BCUT2D eigenvalue weighted by molar-refractivity contribution is 0.0826. The molecule has 0 saturated heterocycles. The minimum atomic E-state index is -0.259. The Morgan fingerprint density at radius 1 is 1.03 bits per heavy atom. The quantitative estimate of drug-likeness (QED) is 0.478. The van der Waals surface area contributed by atoms with Gasteiger partial charge in [0.05, 0.1) is 12.1 Å². The molecule has 39 heavy (non-hydrogen) atoms. The van der Waals surface area contributed by atoms with E-state index in [-0.39, 0.29) is 23.8 Å². The first-order valence-electron chi connectivity index (χ1n) is 12.8. The molecule has 2 N–H and O–H groups in total. The second kappa shape index (κ2) is 11.5. The smallest absolute Gasteiger partial charge is 0.321 e. The average Bonchev–Trinajstić information content (AvgIpc) is 3.31. The fourth-order valence-electron chi connectivity index (χ4n) is 4.53. The maximum absolute atomic E-state index is 13.3. The molecule has 2 aromatic heterocycles. The van der Waals surface area contributed by atoms with Crippen molar-refractivity contribution in [3.05, 3.63) is 64.7 Å². The number of benzene rings is 1. The number of fused-ring (bicyclic) bond motifs is 1. The van der Waals surface area contributed by atoms with E-state index in [4.69, 9.17) is 0 Å². The van der Waals surface area contributed by atoms with Gasteiger partial charge in [0.2, 0.25) is 5.95 Å². The van der Waals surface area contributed by atoms with E-state index in [2.05, 4.69) is 32.6 Å². The number of carbonyl (C=O) groups excluding carboxylic acids is 3. The van der Waals surface area contributed by atoms with Crippen molar-refractivity contribution in [1.82, 2.24) is 34.9 Å². The first-order valence-corrected chi connectivity index (χ1v) is 12.8. The number of carbonyl (C=O) groups is 3. The van der Waals surface area contributed by atoms with E-state index in [9.17, 15) is 14.4 Å². The number of hydrogen-bond donors (Lipinski definition) is 2. The van der Waals surface area contributed by atoms with Gasteiger partial charge in [-0.25, -0.2) is 14.8 Å². The van der Waals surface area contributed by atoms with Crippen LogP contribution in [0.2, 0.25) is 0 Å². The first kappa shape index (κ1) is 27.6. The monoisotopic (exact) mass is 533 g/mol. The number of aromatic nitrogens is 4. The molecule has 12 nitrogen and oxygen atoms in total. The van der Waals surface area contributed by atoms with Crippen LogP contribution in [0.3, 0.4) is 0 Å². The van der Waals surface area contributed by atoms with Crippen molar-refractivity contribution in [2.45, 2.75) is 39.4 Å². The third-order valence-electron chi connectivity index (χ3n) is 6.56. The molecular weight excluding hydrogens is 498 g/mol. The highest BCUT2D eigenvalue weighted by molar-refractivity contribution is 5.94. The van der Waals surface area contributed by atoms with Gasteiger partial charge in [0.25, 0.3) is 11.8 Å². The number of rotatable bonds is 7. The minimum absolute atomic E-state index is 0.0966. The molecule has 1 aromatic carbocycles. The summed E-state index contributed by atoms with van der Waals surface area (Å²) in [5.74, 6) is 0.177. The molecule has 0 spiro atoms. The van der Waals surface area contributed by atoms with Crippen molar-refractivity contribution < 1.29 is 14.4 Å². The van der Waals surface area contributed by atoms with Crippen LogP contribution >= 0.6 is 0 Å². The number of aryl methyl sites for hydroxylation is 1. The molecule has 4 amide bonds. The molecular formula is C27H35N9O3. The Kier molecular flexibility index (Phi) is 8.12. The van der Waals surface area contributed by atoms with Gasteiger partial charge in [-0.05, 0) is 24.6 Å². The van der Waals surface area contributed by atoms with E-state index in [1.807, 2.05) is 28.6 Å². The maximum atomic E-state index is 13.3. The third kappa shape index (κ3) is 6.00. The van der Waals surface area contributed by atoms with Crippen molar-refractivity contribution in [2.75, 3.05) is 45.0 Å². The van der Waals surface area contributed by atoms with Crippen molar-refractivity contribution in [1.29, 1.82) is 0 Å². The van der Waals surface area contributed by atoms with Crippen molar-refractivity contribution in [3.8, 4) is 0 Å². The molecule has 0 bridgehead atoms. The third-order valence-corrected chi connectivity index (χ3v) is 6.56. The molecule has 3 aromatic rings. The van der Waals surface area contributed by atoms with Crippen LogP contribution in [-0.4, -0.2) is 82.1 Å². The van der Waals surface area contributed by atoms with Crippen molar-refractivity contribution in [3.63, 3.8) is 0 Å². The lowest BCUT2D eigenvalue weighted by Crippen LogP contribution is -2.35. The minimum Gasteiger partial charge on any atom is -0.347 e. The van der Waals surface area contributed by atoms with Gasteiger partial charge >= 0.3 is 6.03 Å². The summed E-state index contributed by atoms with van der Waals surface area (Å²) in [5, 5.41) is 10.4. The molecule has 0 aliphatic carbocycles. The highest BCUT2D eigenvalue weighted by atomic mass is 16.2. The van der Waals surface area contributed by atoms with Gasteiger partial charge in [0.15, 0.2) is 5.69 Å². The number of nitrogens with zero attached hydrogens (tertiary/aromatic N) is 7. The summed E-state index contributed by atoms with van der Waals surface area (Å²) in [6.07, 6.45) is 3.07. The van der Waals surface area contributed by atoms with Crippen LogP contribution in [0.5, 0.6) is 0 Å². The predicted octanol–water partition coefficient (Wildman–Crippen LogP) is 2.54. The second-order valence-corrected chi connectivity index (χ2v) is 9.99. The lowest BCUT2D eigenvalue weighted by Gasteiger charge is -2.32. The standard InChI is InChI=1S/C27H35N9O3/c1-7-36-23-17(2)15-35(26-29-13-19(14-30-26)25(38)33(3)4)16-21(23)22(32-36)24(37)28-12-18-8-10-20(11-9-18)31-27(39)34(5)6/h8-11,13-14,17H,7,12,15-16H2,1-6H3,(H,28,37)(H,31,39)/t17-/m0/s1.